The molecule has 0 aliphatic heterocycles. The molecule has 0 heterocycles. The van der Waals surface area contributed by atoms with Crippen LogP contribution in [0.4, 0.5) is 0 Å². The number of nitrogens with zero attached hydrogens (tertiary/aromatic N) is 2. The first kappa shape index (κ1) is 11.3. The smallest absolute Gasteiger partial charge is 0.124 e. The van der Waals surface area contributed by atoms with E-state index in [-0.39, 0.29) is 6.10 Å². The molecule has 0 N–H and O–H groups in total. The van der Waals surface area contributed by atoms with E-state index < -0.39 is 0 Å². The molecule has 0 aliphatic rings. The van der Waals surface area contributed by atoms with Crippen LogP contribution in [0.5, 0.6) is 0 Å². The molecule has 3 nitrogen and oxygen atoms in total. The van der Waals surface area contributed by atoms with Crippen LogP contribution in [0, 0.1) is 11.3 Å². The highest BCUT2D eigenvalue weighted by Crippen LogP contribution is 2.04. The number of benzene rings is 1. The Morgan fingerprint density at radius 1 is 1.53 bits per heavy atom. The number of rotatable bonds is 4. The van der Waals surface area contributed by atoms with Crippen molar-refractivity contribution in [3.8, 4) is 6.07 Å². The first-order valence-electron chi connectivity index (χ1n) is 4.96. The summed E-state index contributed by atoms with van der Waals surface area (Å²) in [6, 6.07) is 9.38. The van der Waals surface area contributed by atoms with Crippen molar-refractivity contribution < 1.29 is 4.84 Å². The summed E-state index contributed by atoms with van der Waals surface area (Å²) < 4.78 is 0. The van der Waals surface area contributed by atoms with Crippen LogP contribution in [-0.4, -0.2) is 12.3 Å². The van der Waals surface area contributed by atoms with E-state index in [1.54, 1.807) is 12.3 Å². The van der Waals surface area contributed by atoms with E-state index in [2.05, 4.69) is 11.2 Å². The largest absolute Gasteiger partial charge is 0.393 e. The molecule has 0 amide bonds. The minimum absolute atomic E-state index is 0.107. The van der Waals surface area contributed by atoms with Gasteiger partial charge in [-0.3, -0.25) is 0 Å². The summed E-state index contributed by atoms with van der Waals surface area (Å²) in [4.78, 5) is 5.15. The van der Waals surface area contributed by atoms with Crippen LogP contribution >= 0.6 is 0 Å². The van der Waals surface area contributed by atoms with Crippen LogP contribution in [0.2, 0.25) is 0 Å². The molecule has 0 fully saturated rings. The number of hydrogen-bond acceptors (Lipinski definition) is 3. The lowest BCUT2D eigenvalue weighted by molar-refractivity contribution is 0.0712. The highest BCUT2D eigenvalue weighted by molar-refractivity contribution is 5.82. The van der Waals surface area contributed by atoms with Crippen LogP contribution in [-0.2, 0) is 4.84 Å². The van der Waals surface area contributed by atoms with E-state index in [4.69, 9.17) is 10.1 Å². The van der Waals surface area contributed by atoms with Gasteiger partial charge in [-0.15, -0.1) is 0 Å². The molecule has 1 aromatic rings. The van der Waals surface area contributed by atoms with Crippen LogP contribution in [0.25, 0.3) is 0 Å². The van der Waals surface area contributed by atoms with Gasteiger partial charge < -0.3 is 4.84 Å². The Kier molecular flexibility index (Phi) is 4.36. The second-order valence-corrected chi connectivity index (χ2v) is 3.26. The molecular weight excluding hydrogens is 188 g/mol. The van der Waals surface area contributed by atoms with Crippen molar-refractivity contribution in [1.82, 2.24) is 0 Å². The van der Waals surface area contributed by atoms with E-state index in [1.807, 2.05) is 32.0 Å². The first-order chi connectivity index (χ1) is 7.27. The van der Waals surface area contributed by atoms with Gasteiger partial charge in [-0.2, -0.15) is 5.26 Å². The summed E-state index contributed by atoms with van der Waals surface area (Å²) in [7, 11) is 0. The maximum Gasteiger partial charge on any atom is 0.124 e. The Morgan fingerprint density at radius 3 is 2.93 bits per heavy atom. The number of hydrogen-bond donors (Lipinski definition) is 0. The van der Waals surface area contributed by atoms with Gasteiger partial charge in [0.1, 0.15) is 6.10 Å². The van der Waals surface area contributed by atoms with E-state index >= 15 is 0 Å². The fourth-order valence-electron chi connectivity index (χ4n) is 0.977. The molecule has 15 heavy (non-hydrogen) atoms. The van der Waals surface area contributed by atoms with Gasteiger partial charge >= 0.3 is 0 Å². The van der Waals surface area contributed by atoms with Gasteiger partial charge in [0, 0.05) is 5.56 Å². The minimum atomic E-state index is 0.107. The maximum atomic E-state index is 8.82. The third-order valence-electron chi connectivity index (χ3n) is 2.09. The van der Waals surface area contributed by atoms with Gasteiger partial charge in [0.25, 0.3) is 0 Å². The maximum absolute atomic E-state index is 8.82. The molecule has 1 atom stereocenters. The molecule has 1 rings (SSSR count). The molecule has 78 valence electrons. The van der Waals surface area contributed by atoms with Crippen molar-refractivity contribution in [3.05, 3.63) is 35.4 Å². The van der Waals surface area contributed by atoms with Gasteiger partial charge in [0.15, 0.2) is 0 Å². The zero-order valence-electron chi connectivity index (χ0n) is 8.97. The standard InChI is InChI=1S/C12H14N2O/c1-3-10(2)15-14-9-12-7-5-4-6-11(12)8-13/h4-7,9-10H,3H2,1-2H3. The van der Waals surface area contributed by atoms with Crippen molar-refractivity contribution in [2.24, 2.45) is 5.16 Å². The van der Waals surface area contributed by atoms with Gasteiger partial charge in [-0.1, -0.05) is 30.3 Å². The van der Waals surface area contributed by atoms with Gasteiger partial charge in [0.2, 0.25) is 0 Å². The van der Waals surface area contributed by atoms with Crippen LogP contribution in [0.15, 0.2) is 29.4 Å². The average Bonchev–Trinajstić information content (AvgIpc) is 2.29. The summed E-state index contributed by atoms with van der Waals surface area (Å²) in [5, 5.41) is 12.7. The summed E-state index contributed by atoms with van der Waals surface area (Å²) in [5.74, 6) is 0. The zero-order chi connectivity index (χ0) is 11.1. The molecule has 0 spiro atoms. The lowest BCUT2D eigenvalue weighted by Gasteiger charge is -2.04. The van der Waals surface area contributed by atoms with Crippen molar-refractivity contribution in [2.75, 3.05) is 0 Å². The van der Waals surface area contributed by atoms with Gasteiger partial charge in [-0.05, 0) is 19.4 Å². The van der Waals surface area contributed by atoms with Gasteiger partial charge in [0.05, 0.1) is 17.8 Å². The van der Waals surface area contributed by atoms with E-state index in [0.29, 0.717) is 5.56 Å². The zero-order valence-corrected chi connectivity index (χ0v) is 8.97. The van der Waals surface area contributed by atoms with Crippen molar-refractivity contribution in [2.45, 2.75) is 26.4 Å². The predicted octanol–water partition coefficient (Wildman–Crippen LogP) is 2.71. The minimum Gasteiger partial charge on any atom is -0.393 e. The van der Waals surface area contributed by atoms with Crippen LogP contribution in [0.3, 0.4) is 0 Å². The Morgan fingerprint density at radius 2 is 2.27 bits per heavy atom. The van der Waals surface area contributed by atoms with Crippen LogP contribution < -0.4 is 0 Å². The van der Waals surface area contributed by atoms with E-state index in [1.165, 1.54) is 0 Å². The third-order valence-corrected chi connectivity index (χ3v) is 2.09. The second kappa shape index (κ2) is 5.82. The SMILES string of the molecule is CCC(C)ON=Cc1ccccc1C#N. The first-order valence-corrected chi connectivity index (χ1v) is 4.96. The Bertz CT molecular complexity index is 379. The average molecular weight is 202 g/mol. The summed E-state index contributed by atoms with van der Waals surface area (Å²) in [5.41, 5.74) is 1.39. The summed E-state index contributed by atoms with van der Waals surface area (Å²) >= 11 is 0. The van der Waals surface area contributed by atoms with Crippen LogP contribution in [0.1, 0.15) is 31.4 Å². The Balaban J connectivity index is 2.68. The molecule has 0 aromatic heterocycles. The van der Waals surface area contributed by atoms with E-state index in [0.717, 1.165) is 12.0 Å². The third kappa shape index (κ3) is 3.43. The van der Waals surface area contributed by atoms with Gasteiger partial charge in [-0.25, -0.2) is 0 Å². The van der Waals surface area contributed by atoms with E-state index in [9.17, 15) is 0 Å². The fraction of sp³-hybridized carbons (Fsp3) is 0.333. The fourth-order valence-corrected chi connectivity index (χ4v) is 0.977. The normalized spacial score (nSPS) is 12.3. The van der Waals surface area contributed by atoms with Crippen molar-refractivity contribution in [3.63, 3.8) is 0 Å². The molecule has 0 radical (unpaired) electrons. The lowest BCUT2D eigenvalue weighted by Crippen LogP contribution is -2.01. The molecule has 0 bridgehead atoms. The molecule has 1 aromatic carbocycles. The number of oxime groups is 1. The second-order valence-electron chi connectivity index (χ2n) is 3.26. The highest BCUT2D eigenvalue weighted by Gasteiger charge is 1.98. The molecule has 0 aliphatic carbocycles. The molecule has 0 saturated carbocycles. The molecule has 3 heteroatoms. The lowest BCUT2D eigenvalue weighted by atomic mass is 10.1. The Hall–Kier alpha value is -1.82. The Labute approximate surface area is 90.0 Å². The number of nitriles is 1. The van der Waals surface area contributed by atoms with Crippen molar-refractivity contribution >= 4 is 6.21 Å². The van der Waals surface area contributed by atoms with Crippen molar-refractivity contribution in [1.29, 1.82) is 5.26 Å². The molecular formula is C12H14N2O. The monoisotopic (exact) mass is 202 g/mol. The highest BCUT2D eigenvalue weighted by atomic mass is 16.6. The predicted molar refractivity (Wildman–Crippen MR) is 59.6 cm³/mol. The quantitative estimate of drug-likeness (QED) is 0.556. The summed E-state index contributed by atoms with van der Waals surface area (Å²) in [6.07, 6.45) is 2.59. The summed E-state index contributed by atoms with van der Waals surface area (Å²) in [6.45, 7) is 3.98. The topological polar surface area (TPSA) is 45.4 Å². The molecule has 1 unspecified atom stereocenters. The molecule has 0 saturated heterocycles.